The van der Waals surface area contributed by atoms with Crippen molar-refractivity contribution in [3.63, 3.8) is 0 Å². The highest BCUT2D eigenvalue weighted by Crippen LogP contribution is 2.51. The summed E-state index contributed by atoms with van der Waals surface area (Å²) >= 11 is 1.88. The molecule has 0 unspecified atom stereocenters. The topological polar surface area (TPSA) is 27.0 Å². The molecule has 1 saturated carbocycles. The van der Waals surface area contributed by atoms with Crippen molar-refractivity contribution in [3.8, 4) is 6.07 Å². The molecule has 0 saturated heterocycles. The molecular formula is C12H14N2S. The van der Waals surface area contributed by atoms with Gasteiger partial charge >= 0.3 is 0 Å². The molecule has 78 valence electrons. The predicted octanol–water partition coefficient (Wildman–Crippen LogP) is 2.29. The van der Waals surface area contributed by atoms with Crippen LogP contribution in [0.1, 0.15) is 28.2 Å². The summed E-state index contributed by atoms with van der Waals surface area (Å²) in [5.41, 5.74) is 1.38. The molecule has 0 amide bonds. The number of hydrogen-bond donors (Lipinski definition) is 0. The Kier molecular flexibility index (Phi) is 1.92. The van der Waals surface area contributed by atoms with E-state index in [1.807, 2.05) is 11.3 Å². The largest absolute Gasteiger partial charge is 0.302 e. The van der Waals surface area contributed by atoms with Gasteiger partial charge < -0.3 is 4.90 Å². The second-order valence-electron chi connectivity index (χ2n) is 4.74. The lowest BCUT2D eigenvalue weighted by Crippen LogP contribution is -2.25. The summed E-state index contributed by atoms with van der Waals surface area (Å²) in [4.78, 5) is 5.19. The van der Waals surface area contributed by atoms with E-state index >= 15 is 0 Å². The third kappa shape index (κ3) is 1.40. The van der Waals surface area contributed by atoms with Crippen molar-refractivity contribution in [2.45, 2.75) is 31.2 Å². The lowest BCUT2D eigenvalue weighted by molar-refractivity contribution is 0.315. The number of hydrogen-bond acceptors (Lipinski definition) is 3. The maximum atomic E-state index is 9.17. The first-order chi connectivity index (χ1) is 7.23. The summed E-state index contributed by atoms with van der Waals surface area (Å²) in [7, 11) is 2.16. The normalized spacial score (nSPS) is 23.2. The zero-order valence-electron chi connectivity index (χ0n) is 8.92. The molecule has 1 aromatic rings. The Bertz CT molecular complexity index is 437. The third-order valence-corrected chi connectivity index (χ3v) is 4.93. The minimum atomic E-state index is -0.0828. The average Bonchev–Trinajstić information content (AvgIpc) is 2.93. The first kappa shape index (κ1) is 9.38. The van der Waals surface area contributed by atoms with Crippen molar-refractivity contribution in [1.82, 2.24) is 4.90 Å². The Balaban J connectivity index is 1.97. The zero-order chi connectivity index (χ0) is 10.5. The fourth-order valence-electron chi connectivity index (χ4n) is 2.25. The van der Waals surface area contributed by atoms with Crippen LogP contribution in [0.2, 0.25) is 0 Å². The van der Waals surface area contributed by atoms with Crippen LogP contribution in [0.3, 0.4) is 0 Å². The molecule has 1 fully saturated rings. The van der Waals surface area contributed by atoms with Gasteiger partial charge in [0.15, 0.2) is 0 Å². The van der Waals surface area contributed by atoms with E-state index in [0.29, 0.717) is 0 Å². The molecule has 2 aliphatic rings. The number of thiophene rings is 1. The quantitative estimate of drug-likeness (QED) is 0.723. The fraction of sp³-hybridized carbons (Fsp3) is 0.583. The molecule has 0 spiro atoms. The smallest absolute Gasteiger partial charge is 0.0916 e. The highest BCUT2D eigenvalue weighted by atomic mass is 32.1. The minimum absolute atomic E-state index is 0.0828. The highest BCUT2D eigenvalue weighted by Gasteiger charge is 2.46. The third-order valence-electron chi connectivity index (χ3n) is 3.49. The van der Waals surface area contributed by atoms with Crippen LogP contribution in [-0.2, 0) is 18.4 Å². The van der Waals surface area contributed by atoms with Gasteiger partial charge in [-0.2, -0.15) is 5.26 Å². The van der Waals surface area contributed by atoms with Crippen molar-refractivity contribution >= 4 is 11.3 Å². The molecule has 3 rings (SSSR count). The monoisotopic (exact) mass is 218 g/mol. The van der Waals surface area contributed by atoms with Crippen LogP contribution in [0, 0.1) is 11.3 Å². The van der Waals surface area contributed by atoms with Crippen LogP contribution in [0.15, 0.2) is 6.07 Å². The van der Waals surface area contributed by atoms with Gasteiger partial charge in [-0.3, -0.25) is 0 Å². The van der Waals surface area contributed by atoms with E-state index in [2.05, 4.69) is 24.1 Å². The summed E-state index contributed by atoms with van der Waals surface area (Å²) in [5, 5.41) is 9.17. The van der Waals surface area contributed by atoms with Crippen LogP contribution >= 0.6 is 11.3 Å². The fourth-order valence-corrected chi connectivity index (χ4v) is 3.61. The number of nitrogens with zero attached hydrogens (tertiary/aromatic N) is 2. The standard InChI is InChI=1S/C12H14N2S/c1-14-5-2-10-9(7-14)6-11(15-10)12(8-13)3-4-12/h6H,2-5,7H2,1H3. The van der Waals surface area contributed by atoms with Crippen molar-refractivity contribution < 1.29 is 0 Å². The minimum Gasteiger partial charge on any atom is -0.302 e. The molecule has 1 aliphatic heterocycles. The van der Waals surface area contributed by atoms with E-state index in [-0.39, 0.29) is 5.41 Å². The van der Waals surface area contributed by atoms with Crippen LogP contribution in [0.25, 0.3) is 0 Å². The second-order valence-corrected chi connectivity index (χ2v) is 5.88. The van der Waals surface area contributed by atoms with E-state index < -0.39 is 0 Å². The van der Waals surface area contributed by atoms with E-state index in [9.17, 15) is 0 Å². The van der Waals surface area contributed by atoms with Gasteiger partial charge in [-0.15, -0.1) is 11.3 Å². The first-order valence-electron chi connectivity index (χ1n) is 5.45. The molecule has 0 radical (unpaired) electrons. The van der Waals surface area contributed by atoms with Gasteiger partial charge in [0.05, 0.1) is 11.5 Å². The van der Waals surface area contributed by atoms with E-state index in [1.54, 1.807) is 0 Å². The Hall–Kier alpha value is -0.850. The Morgan fingerprint density at radius 3 is 3.00 bits per heavy atom. The number of nitriles is 1. The van der Waals surface area contributed by atoms with Crippen LogP contribution in [0.4, 0.5) is 0 Å². The molecule has 3 heteroatoms. The molecular weight excluding hydrogens is 204 g/mol. The zero-order valence-corrected chi connectivity index (χ0v) is 9.73. The maximum absolute atomic E-state index is 9.17. The molecule has 2 nitrogen and oxygen atoms in total. The Labute approximate surface area is 94.1 Å². The van der Waals surface area contributed by atoms with Gasteiger partial charge in [0.2, 0.25) is 0 Å². The van der Waals surface area contributed by atoms with Crippen molar-refractivity contribution in [1.29, 1.82) is 5.26 Å². The number of rotatable bonds is 1. The molecule has 1 aromatic heterocycles. The SMILES string of the molecule is CN1CCc2sc(C3(C#N)CC3)cc2C1. The molecule has 0 N–H and O–H groups in total. The molecule has 0 aromatic carbocycles. The lowest BCUT2D eigenvalue weighted by atomic mass is 10.0. The summed E-state index contributed by atoms with van der Waals surface area (Å²) < 4.78 is 0. The van der Waals surface area contributed by atoms with Crippen molar-refractivity contribution in [2.75, 3.05) is 13.6 Å². The summed E-state index contributed by atoms with van der Waals surface area (Å²) in [6.07, 6.45) is 3.30. The van der Waals surface area contributed by atoms with Crippen molar-refractivity contribution in [2.24, 2.45) is 0 Å². The molecule has 1 aliphatic carbocycles. The Morgan fingerprint density at radius 1 is 1.53 bits per heavy atom. The number of likely N-dealkylation sites (N-methyl/N-ethyl adjacent to an activating group) is 1. The van der Waals surface area contributed by atoms with E-state index in [4.69, 9.17) is 5.26 Å². The average molecular weight is 218 g/mol. The molecule has 15 heavy (non-hydrogen) atoms. The van der Waals surface area contributed by atoms with Gasteiger partial charge in [0.25, 0.3) is 0 Å². The Morgan fingerprint density at radius 2 is 2.33 bits per heavy atom. The number of fused-ring (bicyclic) bond motifs is 1. The highest BCUT2D eigenvalue weighted by molar-refractivity contribution is 7.12. The van der Waals surface area contributed by atoms with Crippen LogP contribution < -0.4 is 0 Å². The van der Waals surface area contributed by atoms with Gasteiger partial charge in [-0.05, 0) is 37.9 Å². The summed E-state index contributed by atoms with van der Waals surface area (Å²) in [5.74, 6) is 0. The van der Waals surface area contributed by atoms with E-state index in [0.717, 1.165) is 32.4 Å². The molecule has 0 bridgehead atoms. The van der Waals surface area contributed by atoms with Gasteiger partial charge in [0, 0.05) is 22.8 Å². The second kappa shape index (κ2) is 3.07. The summed E-state index contributed by atoms with van der Waals surface area (Å²) in [6.45, 7) is 2.22. The van der Waals surface area contributed by atoms with Gasteiger partial charge in [0.1, 0.15) is 0 Å². The van der Waals surface area contributed by atoms with E-state index in [1.165, 1.54) is 15.3 Å². The molecule has 2 heterocycles. The summed E-state index contributed by atoms with van der Waals surface area (Å²) in [6, 6.07) is 4.77. The maximum Gasteiger partial charge on any atom is 0.0916 e. The lowest BCUT2D eigenvalue weighted by Gasteiger charge is -2.21. The predicted molar refractivity (Wildman–Crippen MR) is 60.9 cm³/mol. The first-order valence-corrected chi connectivity index (χ1v) is 6.27. The van der Waals surface area contributed by atoms with Gasteiger partial charge in [-0.1, -0.05) is 0 Å². The van der Waals surface area contributed by atoms with Crippen LogP contribution in [0.5, 0.6) is 0 Å². The van der Waals surface area contributed by atoms with Crippen molar-refractivity contribution in [3.05, 3.63) is 21.4 Å². The molecule has 0 atom stereocenters. The van der Waals surface area contributed by atoms with Gasteiger partial charge in [-0.25, -0.2) is 0 Å². The van der Waals surface area contributed by atoms with Crippen LogP contribution in [-0.4, -0.2) is 18.5 Å².